The molecule has 2 N–H and O–H groups in total. The van der Waals surface area contributed by atoms with Crippen molar-refractivity contribution in [3.8, 4) is 0 Å². The number of hydrogen-bond acceptors (Lipinski definition) is 4. The minimum atomic E-state index is -0.977. The van der Waals surface area contributed by atoms with Crippen LogP contribution in [0.1, 0.15) is 16.8 Å². The molecular weight excluding hydrogens is 328 g/mol. The molecule has 1 unspecified atom stereocenters. The Bertz CT molecular complexity index is 603. The fraction of sp³-hybridized carbons (Fsp3) is 0.333. The lowest BCUT2D eigenvalue weighted by Gasteiger charge is -2.21. The largest absolute Gasteiger partial charge is 0.336 e. The van der Waals surface area contributed by atoms with Crippen LogP contribution in [0.3, 0.4) is 0 Å². The van der Waals surface area contributed by atoms with E-state index in [0.29, 0.717) is 23.1 Å². The minimum Gasteiger partial charge on any atom is -0.336 e. The first-order valence-corrected chi connectivity index (χ1v) is 6.84. The van der Waals surface area contributed by atoms with Crippen molar-refractivity contribution in [2.45, 2.75) is 12.0 Å². The summed E-state index contributed by atoms with van der Waals surface area (Å²) in [6.07, 6.45) is 1.89. The lowest BCUT2D eigenvalue weighted by Crippen LogP contribution is -2.49. The average molecular weight is 339 g/mol. The Balaban J connectivity index is 1.77. The van der Waals surface area contributed by atoms with E-state index in [1.165, 1.54) is 6.20 Å². The van der Waals surface area contributed by atoms with Crippen LogP contribution in [-0.2, 0) is 4.79 Å². The molecule has 8 heteroatoms. The van der Waals surface area contributed by atoms with Gasteiger partial charge in [-0.25, -0.2) is 9.78 Å². The van der Waals surface area contributed by atoms with Gasteiger partial charge in [0.2, 0.25) is 0 Å². The van der Waals surface area contributed by atoms with Crippen molar-refractivity contribution in [1.82, 2.24) is 20.5 Å². The summed E-state index contributed by atoms with van der Waals surface area (Å²) in [5, 5.41) is 4.82. The third-order valence-corrected chi connectivity index (χ3v) is 4.01. The second kappa shape index (κ2) is 4.55. The van der Waals surface area contributed by atoms with E-state index < -0.39 is 11.6 Å². The van der Waals surface area contributed by atoms with Gasteiger partial charge in [-0.3, -0.25) is 14.9 Å². The summed E-state index contributed by atoms with van der Waals surface area (Å²) in [4.78, 5) is 40.9. The van der Waals surface area contributed by atoms with Gasteiger partial charge in [0.15, 0.2) is 0 Å². The van der Waals surface area contributed by atoms with Crippen LogP contribution >= 0.6 is 15.9 Å². The molecule has 4 amide bonds. The number of amides is 4. The first-order valence-electron chi connectivity index (χ1n) is 6.05. The van der Waals surface area contributed by atoms with Gasteiger partial charge in [0, 0.05) is 12.7 Å². The van der Waals surface area contributed by atoms with E-state index in [0.717, 1.165) is 0 Å². The molecule has 2 aliphatic rings. The average Bonchev–Trinajstić information content (AvgIpc) is 2.95. The number of carbonyl (C=O) groups excluding carboxylic acids is 3. The molecule has 0 aromatic carbocycles. The highest BCUT2D eigenvalue weighted by Gasteiger charge is 2.51. The first kappa shape index (κ1) is 13.0. The molecule has 104 valence electrons. The predicted molar refractivity (Wildman–Crippen MR) is 71.9 cm³/mol. The van der Waals surface area contributed by atoms with Crippen LogP contribution in [0.25, 0.3) is 0 Å². The smallest absolute Gasteiger partial charge is 0.322 e. The lowest BCUT2D eigenvalue weighted by molar-refractivity contribution is -0.123. The number of nitrogens with zero attached hydrogens (tertiary/aromatic N) is 2. The van der Waals surface area contributed by atoms with Crippen LogP contribution in [0, 0.1) is 0 Å². The molecule has 7 nitrogen and oxygen atoms in total. The molecule has 0 saturated carbocycles. The second-order valence-corrected chi connectivity index (χ2v) is 5.65. The number of carbonyl (C=O) groups is 3. The lowest BCUT2D eigenvalue weighted by atomic mass is 9.99. The number of urea groups is 1. The minimum absolute atomic E-state index is 0.180. The number of rotatable bonds is 1. The highest BCUT2D eigenvalue weighted by Crippen LogP contribution is 2.25. The number of nitrogens with one attached hydrogen (secondary N) is 2. The number of aromatic nitrogens is 1. The normalized spacial score (nSPS) is 24.9. The monoisotopic (exact) mass is 338 g/mol. The summed E-state index contributed by atoms with van der Waals surface area (Å²) in [6.45, 7) is 0.599. The molecule has 3 rings (SSSR count). The van der Waals surface area contributed by atoms with Gasteiger partial charge in [-0.2, -0.15) is 0 Å². The van der Waals surface area contributed by atoms with E-state index in [2.05, 4.69) is 31.5 Å². The molecule has 1 aromatic heterocycles. The van der Waals surface area contributed by atoms with Crippen LogP contribution in [0.5, 0.6) is 0 Å². The molecule has 2 aliphatic heterocycles. The Labute approximate surface area is 122 Å². The SMILES string of the molecule is O=C1NC(=O)C2(CCN(C(=O)c3ccc(Br)nc3)C2)N1. The van der Waals surface area contributed by atoms with Gasteiger partial charge in [-0.15, -0.1) is 0 Å². The summed E-state index contributed by atoms with van der Waals surface area (Å²) in [5.41, 5.74) is -0.523. The zero-order valence-electron chi connectivity index (χ0n) is 10.4. The summed E-state index contributed by atoms with van der Waals surface area (Å²) in [7, 11) is 0. The number of halogens is 1. The van der Waals surface area contributed by atoms with Gasteiger partial charge in [0.1, 0.15) is 10.1 Å². The Morgan fingerprint density at radius 2 is 2.20 bits per heavy atom. The third-order valence-electron chi connectivity index (χ3n) is 3.55. The fourth-order valence-electron chi connectivity index (χ4n) is 2.48. The van der Waals surface area contributed by atoms with Gasteiger partial charge < -0.3 is 10.2 Å². The molecule has 0 radical (unpaired) electrons. The maximum atomic E-state index is 12.3. The molecule has 0 aliphatic carbocycles. The summed E-state index contributed by atoms with van der Waals surface area (Å²) >= 11 is 3.20. The van der Waals surface area contributed by atoms with Crippen molar-refractivity contribution in [1.29, 1.82) is 0 Å². The molecule has 2 saturated heterocycles. The molecular formula is C12H11BrN4O3. The van der Waals surface area contributed by atoms with E-state index in [4.69, 9.17) is 0 Å². The van der Waals surface area contributed by atoms with E-state index in [9.17, 15) is 14.4 Å². The Morgan fingerprint density at radius 3 is 2.80 bits per heavy atom. The van der Waals surface area contributed by atoms with Crippen molar-refractivity contribution in [2.75, 3.05) is 13.1 Å². The van der Waals surface area contributed by atoms with Crippen molar-refractivity contribution >= 4 is 33.8 Å². The molecule has 3 heterocycles. The number of pyridine rings is 1. The van der Waals surface area contributed by atoms with Crippen LogP contribution < -0.4 is 10.6 Å². The molecule has 2 fully saturated rings. The maximum absolute atomic E-state index is 12.3. The summed E-state index contributed by atoms with van der Waals surface area (Å²) in [5.74, 6) is -0.567. The summed E-state index contributed by atoms with van der Waals surface area (Å²) in [6, 6.07) is 2.84. The third kappa shape index (κ3) is 2.05. The number of hydrogen-bond donors (Lipinski definition) is 2. The number of imide groups is 1. The maximum Gasteiger partial charge on any atom is 0.322 e. The van der Waals surface area contributed by atoms with Crippen molar-refractivity contribution in [3.05, 3.63) is 28.5 Å². The summed E-state index contributed by atoms with van der Waals surface area (Å²) < 4.78 is 0.648. The van der Waals surface area contributed by atoms with E-state index in [1.54, 1.807) is 17.0 Å². The van der Waals surface area contributed by atoms with Gasteiger partial charge >= 0.3 is 6.03 Å². The molecule has 1 atom stereocenters. The zero-order valence-corrected chi connectivity index (χ0v) is 11.9. The number of likely N-dealkylation sites (tertiary alicyclic amines) is 1. The Kier molecular flexibility index (Phi) is 2.97. The van der Waals surface area contributed by atoms with Gasteiger partial charge in [-0.05, 0) is 34.5 Å². The van der Waals surface area contributed by atoms with Crippen LogP contribution in [0.4, 0.5) is 4.79 Å². The Hall–Kier alpha value is -1.96. The molecule has 1 aromatic rings. The highest BCUT2D eigenvalue weighted by atomic mass is 79.9. The van der Waals surface area contributed by atoms with Crippen molar-refractivity contribution in [3.63, 3.8) is 0 Å². The highest BCUT2D eigenvalue weighted by molar-refractivity contribution is 9.10. The first-order chi connectivity index (χ1) is 9.50. The van der Waals surface area contributed by atoms with E-state index in [-0.39, 0.29) is 18.4 Å². The van der Waals surface area contributed by atoms with Gasteiger partial charge in [-0.1, -0.05) is 0 Å². The van der Waals surface area contributed by atoms with Gasteiger partial charge in [0.25, 0.3) is 11.8 Å². The topological polar surface area (TPSA) is 91.4 Å². The molecule has 1 spiro atoms. The second-order valence-electron chi connectivity index (χ2n) is 4.84. The molecule has 20 heavy (non-hydrogen) atoms. The standard InChI is InChI=1S/C12H11BrN4O3/c13-8-2-1-7(5-14-8)9(18)17-4-3-12(6-17)10(19)15-11(20)16-12/h1-2,5H,3-4,6H2,(H2,15,16,19,20). The predicted octanol–water partition coefficient (Wildman–Crippen LogP) is 0.268. The van der Waals surface area contributed by atoms with Gasteiger partial charge in [0.05, 0.1) is 12.1 Å². The van der Waals surface area contributed by atoms with E-state index in [1.807, 2.05) is 0 Å². The fourth-order valence-corrected chi connectivity index (χ4v) is 2.72. The van der Waals surface area contributed by atoms with Crippen molar-refractivity contribution in [2.24, 2.45) is 0 Å². The van der Waals surface area contributed by atoms with Crippen LogP contribution in [0.15, 0.2) is 22.9 Å². The van der Waals surface area contributed by atoms with Crippen LogP contribution in [0.2, 0.25) is 0 Å². The zero-order chi connectivity index (χ0) is 14.3. The van der Waals surface area contributed by atoms with Crippen molar-refractivity contribution < 1.29 is 14.4 Å². The molecule has 0 bridgehead atoms. The van der Waals surface area contributed by atoms with E-state index >= 15 is 0 Å². The Morgan fingerprint density at radius 1 is 1.40 bits per heavy atom. The quantitative estimate of drug-likeness (QED) is 0.568. The van der Waals surface area contributed by atoms with Crippen LogP contribution in [-0.4, -0.2) is 46.4 Å².